The summed E-state index contributed by atoms with van der Waals surface area (Å²) in [7, 11) is -0.586. The predicted octanol–water partition coefficient (Wildman–Crippen LogP) is 2.35. The van der Waals surface area contributed by atoms with Crippen molar-refractivity contribution in [1.29, 1.82) is 0 Å². The van der Waals surface area contributed by atoms with Gasteiger partial charge in [-0.3, -0.25) is 0 Å². The Kier molecular flexibility index (Phi) is 6.94. The monoisotopic (exact) mass is 214 g/mol. The lowest BCUT2D eigenvalue weighted by molar-refractivity contribution is -0.522. The van der Waals surface area contributed by atoms with Gasteiger partial charge in [-0.2, -0.15) is 0 Å². The summed E-state index contributed by atoms with van der Waals surface area (Å²) in [5, 5.41) is 3.97. The van der Waals surface area contributed by atoms with Crippen molar-refractivity contribution in [3.8, 4) is 0 Å². The van der Waals surface area contributed by atoms with Gasteiger partial charge in [0.15, 0.2) is 0 Å². The molecule has 1 saturated heterocycles. The standard InChI is InChI=1S/C5H11BO4.C4H4O/c1-2-3-4-5-7-6-8-10-9-6;1-2-4-5-3-1/h2-5H2,1H3;1-4H. The SMILES string of the molecule is CCCCCOB1OOO1.c1ccoc1. The van der Waals surface area contributed by atoms with Crippen molar-refractivity contribution >= 4 is 7.32 Å². The first-order chi connectivity index (χ1) is 7.43. The fraction of sp³-hybridized carbons (Fsp3) is 0.556. The Morgan fingerprint density at radius 1 is 1.13 bits per heavy atom. The van der Waals surface area contributed by atoms with E-state index < -0.39 is 7.32 Å². The van der Waals surface area contributed by atoms with E-state index in [2.05, 4.69) is 26.0 Å². The molecular formula is C9H15BO5. The quantitative estimate of drug-likeness (QED) is 0.427. The smallest absolute Gasteiger partial charge is 0.473 e. The number of hydrogen-bond acceptors (Lipinski definition) is 5. The van der Waals surface area contributed by atoms with Crippen molar-refractivity contribution in [1.82, 2.24) is 0 Å². The van der Waals surface area contributed by atoms with E-state index >= 15 is 0 Å². The number of rotatable bonds is 5. The van der Waals surface area contributed by atoms with Gasteiger partial charge in [-0.15, -0.1) is 0 Å². The van der Waals surface area contributed by atoms with Crippen LogP contribution in [0, 0.1) is 0 Å². The third-order valence-electron chi connectivity index (χ3n) is 1.66. The summed E-state index contributed by atoms with van der Waals surface area (Å²) in [6.07, 6.45) is 6.65. The molecule has 0 aliphatic carbocycles. The maximum absolute atomic E-state index is 5.01. The lowest BCUT2D eigenvalue weighted by Crippen LogP contribution is -2.37. The predicted molar refractivity (Wildman–Crippen MR) is 53.2 cm³/mol. The van der Waals surface area contributed by atoms with E-state index in [4.69, 9.17) is 4.65 Å². The van der Waals surface area contributed by atoms with E-state index in [1.807, 2.05) is 12.1 Å². The minimum absolute atomic E-state index is 0.586. The van der Waals surface area contributed by atoms with E-state index in [0.717, 1.165) is 6.42 Å². The fourth-order valence-corrected chi connectivity index (χ4v) is 0.885. The molecule has 6 heteroatoms. The largest absolute Gasteiger partial charge is 0.701 e. The van der Waals surface area contributed by atoms with Gasteiger partial charge in [0.2, 0.25) is 0 Å². The van der Waals surface area contributed by atoms with Crippen LogP contribution in [-0.2, 0) is 19.3 Å². The van der Waals surface area contributed by atoms with Gasteiger partial charge in [0.1, 0.15) is 0 Å². The van der Waals surface area contributed by atoms with Crippen molar-refractivity contribution in [2.24, 2.45) is 0 Å². The summed E-state index contributed by atoms with van der Waals surface area (Å²) < 4.78 is 9.59. The molecule has 0 bridgehead atoms. The highest BCUT2D eigenvalue weighted by atomic mass is 17.6. The second-order valence-electron chi connectivity index (χ2n) is 2.92. The van der Waals surface area contributed by atoms with E-state index in [1.165, 1.54) is 12.8 Å². The molecule has 0 radical (unpaired) electrons. The molecule has 0 N–H and O–H groups in total. The molecule has 0 saturated carbocycles. The van der Waals surface area contributed by atoms with Gasteiger partial charge in [0, 0.05) is 6.61 Å². The van der Waals surface area contributed by atoms with Crippen LogP contribution in [0.4, 0.5) is 0 Å². The van der Waals surface area contributed by atoms with Crippen LogP contribution in [0.25, 0.3) is 0 Å². The van der Waals surface area contributed by atoms with Crippen molar-refractivity contribution in [2.75, 3.05) is 6.61 Å². The summed E-state index contributed by atoms with van der Waals surface area (Å²) in [5.41, 5.74) is 0. The molecule has 0 spiro atoms. The molecule has 0 aromatic carbocycles. The van der Waals surface area contributed by atoms with Crippen LogP contribution in [0.2, 0.25) is 0 Å². The average Bonchev–Trinajstić information content (AvgIpc) is 2.73. The normalized spacial score (nSPS) is 14.1. The van der Waals surface area contributed by atoms with Gasteiger partial charge in [0.05, 0.1) is 12.5 Å². The van der Waals surface area contributed by atoms with Gasteiger partial charge < -0.3 is 9.07 Å². The zero-order valence-corrected chi connectivity index (χ0v) is 8.76. The molecule has 2 rings (SSSR count). The van der Waals surface area contributed by atoms with Crippen molar-refractivity contribution < 1.29 is 23.7 Å². The summed E-state index contributed by atoms with van der Waals surface area (Å²) in [5.74, 6) is 0. The van der Waals surface area contributed by atoms with Gasteiger partial charge in [-0.05, 0) is 18.6 Å². The highest BCUT2D eigenvalue weighted by Gasteiger charge is 2.34. The molecule has 0 atom stereocenters. The molecule has 5 nitrogen and oxygen atoms in total. The van der Waals surface area contributed by atoms with Crippen LogP contribution < -0.4 is 0 Å². The molecule has 15 heavy (non-hydrogen) atoms. The van der Waals surface area contributed by atoms with Crippen LogP contribution in [0.15, 0.2) is 29.1 Å². The molecule has 2 heterocycles. The first-order valence-corrected chi connectivity index (χ1v) is 5.01. The number of hydrogen-bond donors (Lipinski definition) is 0. The van der Waals surface area contributed by atoms with E-state index in [1.54, 1.807) is 12.5 Å². The molecule has 0 amide bonds. The Hall–Kier alpha value is -0.815. The van der Waals surface area contributed by atoms with Gasteiger partial charge in [-0.25, -0.2) is 9.61 Å². The average molecular weight is 214 g/mol. The molecule has 1 aliphatic rings. The van der Waals surface area contributed by atoms with Crippen LogP contribution in [0.5, 0.6) is 0 Å². The van der Waals surface area contributed by atoms with Gasteiger partial charge in [-0.1, -0.05) is 24.8 Å². The highest BCUT2D eigenvalue weighted by molar-refractivity contribution is 6.36. The third kappa shape index (κ3) is 6.30. The van der Waals surface area contributed by atoms with Crippen molar-refractivity contribution in [3.63, 3.8) is 0 Å². The Labute approximate surface area is 89.3 Å². The van der Waals surface area contributed by atoms with Crippen LogP contribution >= 0.6 is 0 Å². The summed E-state index contributed by atoms with van der Waals surface area (Å²) in [6, 6.07) is 3.67. The Morgan fingerprint density at radius 3 is 2.27 bits per heavy atom. The van der Waals surface area contributed by atoms with E-state index in [-0.39, 0.29) is 0 Å². The molecule has 0 unspecified atom stereocenters. The zero-order chi connectivity index (χ0) is 10.8. The van der Waals surface area contributed by atoms with E-state index in [0.29, 0.717) is 6.61 Å². The van der Waals surface area contributed by atoms with Gasteiger partial charge in [0.25, 0.3) is 0 Å². The first kappa shape index (κ1) is 12.3. The third-order valence-corrected chi connectivity index (χ3v) is 1.66. The molecule has 1 aliphatic heterocycles. The first-order valence-electron chi connectivity index (χ1n) is 5.01. The number of unbranched alkanes of at least 4 members (excludes halogenated alkanes) is 2. The van der Waals surface area contributed by atoms with E-state index in [9.17, 15) is 0 Å². The maximum atomic E-state index is 5.01. The second kappa shape index (κ2) is 8.49. The lowest BCUT2D eigenvalue weighted by Gasteiger charge is -2.17. The van der Waals surface area contributed by atoms with Crippen LogP contribution in [-0.4, -0.2) is 13.9 Å². The van der Waals surface area contributed by atoms with Gasteiger partial charge >= 0.3 is 7.32 Å². The summed E-state index contributed by atoms with van der Waals surface area (Å²) in [4.78, 5) is 8.73. The Bertz CT molecular complexity index is 195. The van der Waals surface area contributed by atoms with Crippen LogP contribution in [0.1, 0.15) is 26.2 Å². The Morgan fingerprint density at radius 2 is 1.87 bits per heavy atom. The topological polar surface area (TPSA) is 50.1 Å². The second-order valence-corrected chi connectivity index (χ2v) is 2.92. The molecule has 84 valence electrons. The molecule has 1 fully saturated rings. The molecule has 1 aromatic rings. The minimum atomic E-state index is -0.586. The fourth-order valence-electron chi connectivity index (χ4n) is 0.885. The maximum Gasteiger partial charge on any atom is 0.701 e. The summed E-state index contributed by atoms with van der Waals surface area (Å²) in [6.45, 7) is 2.81. The van der Waals surface area contributed by atoms with Crippen molar-refractivity contribution in [2.45, 2.75) is 26.2 Å². The number of furan rings is 1. The summed E-state index contributed by atoms with van der Waals surface area (Å²) >= 11 is 0. The molecule has 1 aromatic heterocycles. The minimum Gasteiger partial charge on any atom is -0.473 e. The van der Waals surface area contributed by atoms with Crippen molar-refractivity contribution in [3.05, 3.63) is 24.7 Å². The Balaban J connectivity index is 0.000000187. The lowest BCUT2D eigenvalue weighted by atomic mass is 10.2. The van der Waals surface area contributed by atoms with Crippen LogP contribution in [0.3, 0.4) is 0 Å². The highest BCUT2D eigenvalue weighted by Crippen LogP contribution is 2.06. The zero-order valence-electron chi connectivity index (χ0n) is 8.76. The molecular weight excluding hydrogens is 199 g/mol.